The van der Waals surface area contributed by atoms with E-state index < -0.39 is 6.04 Å². The van der Waals surface area contributed by atoms with Gasteiger partial charge < -0.3 is 15.0 Å². The lowest BCUT2D eigenvalue weighted by atomic mass is 10.1. The maximum Gasteiger partial charge on any atom is 0.261 e. The molecule has 0 aromatic heterocycles. The fraction of sp³-hybridized carbons (Fsp3) is 0.364. The lowest BCUT2D eigenvalue weighted by Crippen LogP contribution is -2.49. The highest BCUT2D eigenvalue weighted by molar-refractivity contribution is 5.88. The number of carbonyl (C=O) groups excluding carboxylic acids is 2. The molecule has 1 N–H and O–H groups in total. The van der Waals surface area contributed by atoms with E-state index in [2.05, 4.69) is 5.32 Å². The molecule has 0 aliphatic carbocycles. The van der Waals surface area contributed by atoms with Crippen molar-refractivity contribution in [1.29, 1.82) is 0 Å². The van der Waals surface area contributed by atoms with Crippen LogP contribution in [0.25, 0.3) is 0 Å². The van der Waals surface area contributed by atoms with Crippen molar-refractivity contribution in [2.75, 3.05) is 13.7 Å². The second kappa shape index (κ2) is 9.76. The molecule has 0 spiro atoms. The second-order valence-corrected chi connectivity index (χ2v) is 6.65. The number of likely N-dealkylation sites (N-methyl/N-ethyl adjacent to an activating group) is 1. The maximum absolute atomic E-state index is 12.9. The molecule has 5 nitrogen and oxygen atoms in total. The molecule has 2 aromatic carbocycles. The number of rotatable bonds is 8. The van der Waals surface area contributed by atoms with Gasteiger partial charge in [-0.25, -0.2) is 0 Å². The summed E-state index contributed by atoms with van der Waals surface area (Å²) in [6.07, 6.45) is 0.530. The number of amides is 2. The first-order chi connectivity index (χ1) is 12.9. The predicted octanol–water partition coefficient (Wildman–Crippen LogP) is 3.24. The van der Waals surface area contributed by atoms with Crippen LogP contribution in [0.5, 0.6) is 5.75 Å². The molecule has 2 aromatic rings. The molecule has 2 rings (SSSR count). The molecule has 27 heavy (non-hydrogen) atoms. The number of hydrogen-bond donors (Lipinski definition) is 1. The minimum absolute atomic E-state index is 0.109. The predicted molar refractivity (Wildman–Crippen MR) is 107 cm³/mol. The zero-order valence-corrected chi connectivity index (χ0v) is 16.5. The summed E-state index contributed by atoms with van der Waals surface area (Å²) in [6, 6.07) is 15.0. The third-order valence-corrected chi connectivity index (χ3v) is 4.45. The fourth-order valence-electron chi connectivity index (χ4n) is 2.96. The van der Waals surface area contributed by atoms with Crippen LogP contribution in [0.1, 0.15) is 30.0 Å². The summed E-state index contributed by atoms with van der Waals surface area (Å²) >= 11 is 0. The lowest BCUT2D eigenvalue weighted by molar-refractivity contribution is -0.142. The number of nitrogens with one attached hydrogen (secondary N) is 1. The Labute approximate surface area is 161 Å². The van der Waals surface area contributed by atoms with Gasteiger partial charge >= 0.3 is 0 Å². The average molecular weight is 368 g/mol. The van der Waals surface area contributed by atoms with Crippen molar-refractivity contribution in [3.8, 4) is 5.75 Å². The fourth-order valence-corrected chi connectivity index (χ4v) is 2.96. The number of benzene rings is 2. The molecule has 1 atom stereocenters. The summed E-state index contributed by atoms with van der Waals surface area (Å²) in [7, 11) is 1.59. The van der Waals surface area contributed by atoms with E-state index in [0.717, 1.165) is 16.7 Å². The van der Waals surface area contributed by atoms with Gasteiger partial charge in [0.15, 0.2) is 6.61 Å². The Kier molecular flexibility index (Phi) is 7.41. The quantitative estimate of drug-likeness (QED) is 0.778. The van der Waals surface area contributed by atoms with Crippen molar-refractivity contribution in [2.24, 2.45) is 0 Å². The summed E-state index contributed by atoms with van der Waals surface area (Å²) in [5.74, 6) is 0.249. The highest BCUT2D eigenvalue weighted by Gasteiger charge is 2.28. The van der Waals surface area contributed by atoms with E-state index >= 15 is 0 Å². The van der Waals surface area contributed by atoms with Gasteiger partial charge in [0.05, 0.1) is 0 Å². The van der Waals surface area contributed by atoms with E-state index in [0.29, 0.717) is 18.7 Å². The largest absolute Gasteiger partial charge is 0.484 e. The molecule has 5 heteroatoms. The molecule has 0 bridgehead atoms. The monoisotopic (exact) mass is 368 g/mol. The number of carbonyl (C=O) groups is 2. The summed E-state index contributed by atoms with van der Waals surface area (Å²) < 4.78 is 5.65. The molecule has 0 fully saturated rings. The topological polar surface area (TPSA) is 58.6 Å². The van der Waals surface area contributed by atoms with Gasteiger partial charge in [0, 0.05) is 13.6 Å². The third-order valence-electron chi connectivity index (χ3n) is 4.45. The van der Waals surface area contributed by atoms with E-state index in [4.69, 9.17) is 4.74 Å². The van der Waals surface area contributed by atoms with Gasteiger partial charge in [0.25, 0.3) is 5.91 Å². The molecule has 2 amide bonds. The third kappa shape index (κ3) is 5.84. The van der Waals surface area contributed by atoms with Crippen molar-refractivity contribution in [1.82, 2.24) is 10.2 Å². The second-order valence-electron chi connectivity index (χ2n) is 6.65. The van der Waals surface area contributed by atoms with E-state index in [1.807, 2.05) is 69.3 Å². The molecule has 0 saturated carbocycles. The van der Waals surface area contributed by atoms with Crippen LogP contribution in [0.2, 0.25) is 0 Å². The molecule has 0 saturated heterocycles. The first-order valence-corrected chi connectivity index (χ1v) is 9.20. The molecular weight excluding hydrogens is 340 g/mol. The number of nitrogens with zero attached hydrogens (tertiary/aromatic N) is 1. The van der Waals surface area contributed by atoms with Crippen LogP contribution in [0, 0.1) is 13.8 Å². The van der Waals surface area contributed by atoms with Gasteiger partial charge in [0.2, 0.25) is 5.91 Å². The van der Waals surface area contributed by atoms with Crippen molar-refractivity contribution in [3.63, 3.8) is 0 Å². The minimum Gasteiger partial charge on any atom is -0.484 e. The highest BCUT2D eigenvalue weighted by Crippen LogP contribution is 2.15. The Bertz CT molecular complexity index is 771. The molecule has 0 aliphatic rings. The SMILES string of the molecule is CC[C@H](C(=O)NC)N(Cc1cccc(C)c1)C(=O)COc1ccc(C)cc1. The van der Waals surface area contributed by atoms with Crippen LogP contribution >= 0.6 is 0 Å². The van der Waals surface area contributed by atoms with E-state index in [9.17, 15) is 9.59 Å². The van der Waals surface area contributed by atoms with Crippen molar-refractivity contribution in [2.45, 2.75) is 39.8 Å². The van der Waals surface area contributed by atoms with Gasteiger partial charge in [-0.05, 0) is 38.0 Å². The maximum atomic E-state index is 12.9. The van der Waals surface area contributed by atoms with Crippen LogP contribution in [-0.2, 0) is 16.1 Å². The normalized spacial score (nSPS) is 11.6. The summed E-state index contributed by atoms with van der Waals surface area (Å²) in [4.78, 5) is 26.8. The Morgan fingerprint density at radius 3 is 2.37 bits per heavy atom. The van der Waals surface area contributed by atoms with E-state index in [1.165, 1.54) is 0 Å². The number of hydrogen-bond acceptors (Lipinski definition) is 3. The van der Waals surface area contributed by atoms with Crippen molar-refractivity contribution in [3.05, 3.63) is 65.2 Å². The molecule has 0 radical (unpaired) electrons. The molecule has 0 unspecified atom stereocenters. The Morgan fingerprint density at radius 2 is 1.78 bits per heavy atom. The van der Waals surface area contributed by atoms with Crippen LogP contribution < -0.4 is 10.1 Å². The Hall–Kier alpha value is -2.82. The highest BCUT2D eigenvalue weighted by atomic mass is 16.5. The molecular formula is C22H28N2O3. The van der Waals surface area contributed by atoms with Crippen LogP contribution in [0.3, 0.4) is 0 Å². The standard InChI is InChI=1S/C22H28N2O3/c1-5-20(22(26)23-4)24(14-18-8-6-7-17(3)13-18)21(25)15-27-19-11-9-16(2)10-12-19/h6-13,20H,5,14-15H2,1-4H3,(H,23,26)/t20-/m1/s1. The minimum atomic E-state index is -0.537. The first-order valence-electron chi connectivity index (χ1n) is 9.20. The van der Waals surface area contributed by atoms with E-state index in [-0.39, 0.29) is 18.4 Å². The first kappa shape index (κ1) is 20.5. The summed E-state index contributed by atoms with van der Waals surface area (Å²) in [5, 5.41) is 2.65. The van der Waals surface area contributed by atoms with Gasteiger partial charge in [-0.3, -0.25) is 9.59 Å². The van der Waals surface area contributed by atoms with Crippen LogP contribution in [0.4, 0.5) is 0 Å². The van der Waals surface area contributed by atoms with E-state index in [1.54, 1.807) is 11.9 Å². The van der Waals surface area contributed by atoms with Crippen LogP contribution in [-0.4, -0.2) is 36.4 Å². The Morgan fingerprint density at radius 1 is 1.07 bits per heavy atom. The summed E-state index contributed by atoms with van der Waals surface area (Å²) in [6.45, 7) is 6.16. The Balaban J connectivity index is 2.17. The molecule has 0 heterocycles. The van der Waals surface area contributed by atoms with Gasteiger partial charge in [-0.2, -0.15) is 0 Å². The van der Waals surface area contributed by atoms with Gasteiger partial charge in [0.1, 0.15) is 11.8 Å². The number of aryl methyl sites for hydroxylation is 2. The lowest BCUT2D eigenvalue weighted by Gasteiger charge is -2.30. The zero-order chi connectivity index (χ0) is 19.8. The van der Waals surface area contributed by atoms with Gasteiger partial charge in [-0.1, -0.05) is 54.4 Å². The average Bonchev–Trinajstić information content (AvgIpc) is 2.67. The number of ether oxygens (including phenoxy) is 1. The van der Waals surface area contributed by atoms with Crippen molar-refractivity contribution < 1.29 is 14.3 Å². The van der Waals surface area contributed by atoms with Crippen LogP contribution in [0.15, 0.2) is 48.5 Å². The van der Waals surface area contributed by atoms with Crippen molar-refractivity contribution >= 4 is 11.8 Å². The smallest absolute Gasteiger partial charge is 0.261 e. The molecule has 144 valence electrons. The molecule has 0 aliphatic heterocycles. The zero-order valence-electron chi connectivity index (χ0n) is 16.5. The summed E-state index contributed by atoms with van der Waals surface area (Å²) in [5.41, 5.74) is 3.23. The van der Waals surface area contributed by atoms with Gasteiger partial charge in [-0.15, -0.1) is 0 Å².